The van der Waals surface area contributed by atoms with Gasteiger partial charge in [-0.2, -0.15) is 0 Å². The number of hydrogen-bond acceptors (Lipinski definition) is 4. The first-order chi connectivity index (χ1) is 9.47. The zero-order chi connectivity index (χ0) is 14.6. The number of benzene rings is 1. The first-order valence-electron chi connectivity index (χ1n) is 6.50. The summed E-state index contributed by atoms with van der Waals surface area (Å²) in [5, 5.41) is 10.2. The number of hydrogen-bond donors (Lipinski definition) is 1. The normalized spacial score (nSPS) is 16.8. The van der Waals surface area contributed by atoms with E-state index in [1.165, 1.54) is 6.07 Å². The average molecular weight is 272 g/mol. The van der Waals surface area contributed by atoms with Gasteiger partial charge in [0.05, 0.1) is 18.9 Å². The van der Waals surface area contributed by atoms with E-state index < -0.39 is 0 Å². The quantitative estimate of drug-likeness (QED) is 0.865. The molecule has 1 aromatic heterocycles. The monoisotopic (exact) mass is 272 g/mol. The maximum Gasteiger partial charge on any atom is 0.232 e. The number of phenols is 1. The Bertz CT molecular complexity index is 725. The molecule has 0 amide bonds. The van der Waals surface area contributed by atoms with E-state index in [-0.39, 0.29) is 17.5 Å². The molecule has 4 nitrogen and oxygen atoms in total. The van der Waals surface area contributed by atoms with Gasteiger partial charge in [-0.15, -0.1) is 0 Å². The first-order valence-corrected chi connectivity index (χ1v) is 6.50. The van der Waals surface area contributed by atoms with Crippen LogP contribution in [0.2, 0.25) is 0 Å². The van der Waals surface area contributed by atoms with Gasteiger partial charge >= 0.3 is 0 Å². The molecule has 104 valence electrons. The number of carbonyl (C=O) groups excluding carboxylic acids is 1. The van der Waals surface area contributed by atoms with Crippen molar-refractivity contribution >= 4 is 5.78 Å². The van der Waals surface area contributed by atoms with E-state index in [1.54, 1.807) is 13.4 Å². The second kappa shape index (κ2) is 4.13. The van der Waals surface area contributed by atoms with Gasteiger partial charge in [-0.25, -0.2) is 0 Å². The standard InChI is InChI=1S/C16H16O4/c1-7-6-20-16-12(7)9(3)13-8(2)11(19-4)5-10(17)14(13)15(16)18/h5-6,9,17H,1-4H3. The first kappa shape index (κ1) is 12.8. The molecule has 1 aromatic carbocycles. The highest BCUT2D eigenvalue weighted by molar-refractivity contribution is 6.13. The van der Waals surface area contributed by atoms with Crippen LogP contribution in [-0.4, -0.2) is 18.0 Å². The Labute approximate surface area is 117 Å². The van der Waals surface area contributed by atoms with Crippen LogP contribution in [0.15, 0.2) is 16.7 Å². The van der Waals surface area contributed by atoms with E-state index in [9.17, 15) is 9.90 Å². The van der Waals surface area contributed by atoms with E-state index >= 15 is 0 Å². The number of furan rings is 1. The molecule has 1 atom stereocenters. The van der Waals surface area contributed by atoms with Gasteiger partial charge < -0.3 is 14.3 Å². The van der Waals surface area contributed by atoms with Gasteiger partial charge in [-0.05, 0) is 30.5 Å². The summed E-state index contributed by atoms with van der Waals surface area (Å²) in [5.74, 6) is 0.591. The molecule has 1 unspecified atom stereocenters. The molecule has 0 saturated heterocycles. The molecule has 0 fully saturated rings. The second-order valence-corrected chi connectivity index (χ2v) is 5.22. The summed E-state index contributed by atoms with van der Waals surface area (Å²) in [6, 6.07) is 1.49. The number of phenolic OH excluding ortho intramolecular Hbond substituents is 1. The highest BCUT2D eigenvalue weighted by Crippen LogP contribution is 2.46. The summed E-state index contributed by atoms with van der Waals surface area (Å²) in [5.41, 5.74) is 3.89. The van der Waals surface area contributed by atoms with E-state index in [1.807, 2.05) is 20.8 Å². The molecule has 1 aliphatic rings. The Morgan fingerprint density at radius 3 is 2.65 bits per heavy atom. The summed E-state index contributed by atoms with van der Waals surface area (Å²) in [4.78, 5) is 12.5. The molecule has 1 aliphatic carbocycles. The lowest BCUT2D eigenvalue weighted by Crippen LogP contribution is -2.19. The van der Waals surface area contributed by atoms with Crippen LogP contribution in [0, 0.1) is 13.8 Å². The Morgan fingerprint density at radius 2 is 2.00 bits per heavy atom. The van der Waals surface area contributed by atoms with Crippen molar-refractivity contribution in [1.29, 1.82) is 0 Å². The van der Waals surface area contributed by atoms with Crippen molar-refractivity contribution in [2.75, 3.05) is 7.11 Å². The maximum atomic E-state index is 12.5. The van der Waals surface area contributed by atoms with Crippen LogP contribution in [-0.2, 0) is 0 Å². The van der Waals surface area contributed by atoms with E-state index in [4.69, 9.17) is 9.15 Å². The number of aryl methyl sites for hydroxylation is 1. The Kier molecular flexibility index (Phi) is 2.64. The largest absolute Gasteiger partial charge is 0.507 e. The summed E-state index contributed by atoms with van der Waals surface area (Å²) in [6.45, 7) is 5.84. The molecule has 1 N–H and O–H groups in total. The fourth-order valence-corrected chi connectivity index (χ4v) is 3.18. The molecule has 0 radical (unpaired) electrons. The third-order valence-electron chi connectivity index (χ3n) is 4.11. The van der Waals surface area contributed by atoms with Crippen molar-refractivity contribution in [2.45, 2.75) is 26.7 Å². The fourth-order valence-electron chi connectivity index (χ4n) is 3.18. The molecule has 0 saturated carbocycles. The fraction of sp³-hybridized carbons (Fsp3) is 0.312. The van der Waals surface area contributed by atoms with Gasteiger partial charge in [0, 0.05) is 17.5 Å². The highest BCUT2D eigenvalue weighted by Gasteiger charge is 2.36. The lowest BCUT2D eigenvalue weighted by atomic mass is 9.78. The van der Waals surface area contributed by atoms with Gasteiger partial charge in [-0.3, -0.25) is 4.79 Å². The number of aromatic hydroxyl groups is 1. The van der Waals surface area contributed by atoms with Gasteiger partial charge in [0.25, 0.3) is 0 Å². The molecular formula is C16H16O4. The number of methoxy groups -OCH3 is 1. The van der Waals surface area contributed by atoms with Crippen LogP contribution in [0.25, 0.3) is 0 Å². The minimum Gasteiger partial charge on any atom is -0.507 e. The number of rotatable bonds is 1. The SMILES string of the molecule is COc1cc(O)c2c(c1C)C(C)c1c(C)coc1C2=O. The predicted molar refractivity (Wildman–Crippen MR) is 73.8 cm³/mol. The van der Waals surface area contributed by atoms with Crippen LogP contribution in [0.4, 0.5) is 0 Å². The topological polar surface area (TPSA) is 59.7 Å². The average Bonchev–Trinajstić information content (AvgIpc) is 2.80. The van der Waals surface area contributed by atoms with Crippen molar-refractivity contribution in [3.8, 4) is 11.5 Å². The molecule has 20 heavy (non-hydrogen) atoms. The van der Waals surface area contributed by atoms with Gasteiger partial charge in [0.15, 0.2) is 5.76 Å². The van der Waals surface area contributed by atoms with Crippen molar-refractivity contribution in [2.24, 2.45) is 0 Å². The molecule has 3 rings (SSSR count). The molecule has 4 heteroatoms. The van der Waals surface area contributed by atoms with Crippen molar-refractivity contribution in [1.82, 2.24) is 0 Å². The lowest BCUT2D eigenvalue weighted by molar-refractivity contribution is 0.1000. The summed E-state index contributed by atoms with van der Waals surface area (Å²) >= 11 is 0. The third kappa shape index (κ3) is 1.45. The lowest BCUT2D eigenvalue weighted by Gasteiger charge is -2.25. The number of ether oxygens (including phenoxy) is 1. The molecular weight excluding hydrogens is 256 g/mol. The van der Waals surface area contributed by atoms with Gasteiger partial charge in [0.1, 0.15) is 11.5 Å². The molecule has 0 spiro atoms. The van der Waals surface area contributed by atoms with Gasteiger partial charge in [0.2, 0.25) is 5.78 Å². The van der Waals surface area contributed by atoms with Crippen molar-refractivity contribution < 1.29 is 19.1 Å². The number of carbonyl (C=O) groups is 1. The number of fused-ring (bicyclic) bond motifs is 2. The molecule has 1 heterocycles. The van der Waals surface area contributed by atoms with Crippen molar-refractivity contribution in [3.63, 3.8) is 0 Å². The van der Waals surface area contributed by atoms with Gasteiger partial charge in [-0.1, -0.05) is 6.92 Å². The number of ketones is 1. The van der Waals surface area contributed by atoms with E-state index in [0.717, 1.165) is 22.3 Å². The van der Waals surface area contributed by atoms with Crippen LogP contribution in [0.1, 0.15) is 51.2 Å². The summed E-state index contributed by atoms with van der Waals surface area (Å²) in [7, 11) is 1.55. The molecule has 0 bridgehead atoms. The smallest absolute Gasteiger partial charge is 0.232 e. The van der Waals surface area contributed by atoms with Crippen LogP contribution >= 0.6 is 0 Å². The zero-order valence-electron chi connectivity index (χ0n) is 11.9. The Hall–Kier alpha value is -2.23. The molecule has 2 aromatic rings. The van der Waals surface area contributed by atoms with E-state index in [0.29, 0.717) is 17.1 Å². The minimum atomic E-state index is -0.260. The van der Waals surface area contributed by atoms with E-state index in [2.05, 4.69) is 0 Å². The minimum absolute atomic E-state index is 0.0163. The van der Waals surface area contributed by atoms with Crippen LogP contribution in [0.3, 0.4) is 0 Å². The van der Waals surface area contributed by atoms with Crippen LogP contribution in [0.5, 0.6) is 11.5 Å². The molecule has 0 aliphatic heterocycles. The van der Waals surface area contributed by atoms with Crippen LogP contribution < -0.4 is 4.74 Å². The Morgan fingerprint density at radius 1 is 1.30 bits per heavy atom. The highest BCUT2D eigenvalue weighted by atomic mass is 16.5. The summed E-state index contributed by atoms with van der Waals surface area (Å²) in [6.07, 6.45) is 1.59. The third-order valence-corrected chi connectivity index (χ3v) is 4.11. The zero-order valence-corrected chi connectivity index (χ0v) is 11.9. The predicted octanol–water partition coefficient (Wildman–Crippen LogP) is 3.31. The maximum absolute atomic E-state index is 12.5. The van der Waals surface area contributed by atoms with Crippen molar-refractivity contribution in [3.05, 3.63) is 45.9 Å². The Balaban J connectivity index is 2.37. The summed E-state index contributed by atoms with van der Waals surface area (Å²) < 4.78 is 10.7. The second-order valence-electron chi connectivity index (χ2n) is 5.22.